The Morgan fingerprint density at radius 3 is 2.36 bits per heavy atom. The lowest BCUT2D eigenvalue weighted by Gasteiger charge is -2.41. The predicted octanol–water partition coefficient (Wildman–Crippen LogP) is 8.67. The number of carbonyl (C=O) groups excluding carboxylic acids is 1. The third-order valence-corrected chi connectivity index (χ3v) is 10.4. The lowest BCUT2D eigenvalue weighted by Crippen LogP contribution is -2.55. The average molecular weight is 786 g/mol. The number of likely N-dealkylation sites (tertiary alicyclic amines) is 1. The molecule has 0 radical (unpaired) electrons. The molecule has 0 saturated carbocycles. The minimum absolute atomic E-state index is 0.0887. The molecule has 296 valence electrons. The van der Waals surface area contributed by atoms with Gasteiger partial charge in [0.15, 0.2) is 5.82 Å². The first-order valence-electron chi connectivity index (χ1n) is 18.4. The van der Waals surface area contributed by atoms with Crippen molar-refractivity contribution >= 4 is 40.2 Å². The lowest BCUT2D eigenvalue weighted by atomic mass is 9.98. The SMILES string of the molecule is Cc1ccc(CN(C)c2cc(C)c(C(F)(F)F)c(-c3c(Cl)cc4c(N5CCN(C(=O)OC(C)(C)C)C[C@@H]5C)nc(OC[C@@H]5CCCN5C)nc4c3F)n2)cc1. The number of benzene rings is 2. The van der Waals surface area contributed by atoms with Crippen molar-refractivity contribution in [3.8, 4) is 17.3 Å². The minimum Gasteiger partial charge on any atom is -0.462 e. The zero-order chi connectivity index (χ0) is 40.0. The van der Waals surface area contributed by atoms with Crippen LogP contribution in [0.1, 0.15) is 62.8 Å². The van der Waals surface area contributed by atoms with Crippen LogP contribution in [0.4, 0.5) is 34.0 Å². The van der Waals surface area contributed by atoms with Crippen molar-refractivity contribution in [1.82, 2.24) is 24.8 Å². The molecule has 55 heavy (non-hydrogen) atoms. The van der Waals surface area contributed by atoms with Gasteiger partial charge in [-0.2, -0.15) is 23.1 Å². The normalized spacial score (nSPS) is 18.3. The number of aryl methyl sites for hydroxylation is 2. The topological polar surface area (TPSA) is 87.2 Å². The number of amides is 1. The van der Waals surface area contributed by atoms with Crippen LogP contribution in [0.3, 0.4) is 0 Å². The number of hydrogen-bond donors (Lipinski definition) is 0. The molecule has 2 saturated heterocycles. The summed E-state index contributed by atoms with van der Waals surface area (Å²) in [6, 6.07) is 10.2. The third kappa shape index (κ3) is 8.85. The van der Waals surface area contributed by atoms with Crippen molar-refractivity contribution in [2.45, 2.75) is 84.8 Å². The molecule has 2 atom stereocenters. The van der Waals surface area contributed by atoms with Gasteiger partial charge in [-0.3, -0.25) is 0 Å². The van der Waals surface area contributed by atoms with Gasteiger partial charge in [-0.15, -0.1) is 0 Å². The van der Waals surface area contributed by atoms with Gasteiger partial charge in [0.25, 0.3) is 0 Å². The van der Waals surface area contributed by atoms with E-state index in [0.717, 1.165) is 30.5 Å². The molecule has 0 bridgehead atoms. The van der Waals surface area contributed by atoms with E-state index in [1.165, 1.54) is 19.1 Å². The van der Waals surface area contributed by atoms with Gasteiger partial charge < -0.3 is 29.1 Å². The molecular weight excluding hydrogens is 738 g/mol. The molecule has 10 nitrogen and oxygen atoms in total. The van der Waals surface area contributed by atoms with E-state index >= 15 is 4.39 Å². The van der Waals surface area contributed by atoms with E-state index in [1.54, 1.807) is 37.6 Å². The second-order valence-corrected chi connectivity index (χ2v) is 16.1. The average Bonchev–Trinajstić information content (AvgIpc) is 3.51. The van der Waals surface area contributed by atoms with Crippen molar-refractivity contribution in [2.24, 2.45) is 0 Å². The Hall–Kier alpha value is -4.43. The molecule has 4 aromatic rings. The highest BCUT2D eigenvalue weighted by atomic mass is 35.5. The van der Waals surface area contributed by atoms with Crippen LogP contribution in [-0.4, -0.2) is 95.4 Å². The Bertz CT molecular complexity index is 2060. The third-order valence-electron chi connectivity index (χ3n) is 10.1. The summed E-state index contributed by atoms with van der Waals surface area (Å²) in [6.45, 7) is 12.9. The summed E-state index contributed by atoms with van der Waals surface area (Å²) in [6.07, 6.45) is -3.44. The number of alkyl halides is 3. The zero-order valence-electron chi connectivity index (χ0n) is 32.5. The molecule has 2 aromatic carbocycles. The molecule has 0 spiro atoms. The number of hydrogen-bond acceptors (Lipinski definition) is 9. The number of likely N-dealkylation sites (N-methyl/N-ethyl adjacent to an activating group) is 1. The molecule has 15 heteroatoms. The fraction of sp³-hybridized carbons (Fsp3) is 0.500. The van der Waals surface area contributed by atoms with E-state index in [0.29, 0.717) is 13.1 Å². The maximum Gasteiger partial charge on any atom is 0.418 e. The Balaban J connectivity index is 1.46. The Morgan fingerprint density at radius 1 is 1.04 bits per heavy atom. The van der Waals surface area contributed by atoms with E-state index < -0.39 is 40.5 Å². The first kappa shape index (κ1) is 40.2. The van der Waals surface area contributed by atoms with Crippen molar-refractivity contribution in [1.29, 1.82) is 0 Å². The highest BCUT2D eigenvalue weighted by Gasteiger charge is 2.39. The summed E-state index contributed by atoms with van der Waals surface area (Å²) in [4.78, 5) is 34.0. The first-order valence-corrected chi connectivity index (χ1v) is 18.8. The summed E-state index contributed by atoms with van der Waals surface area (Å²) >= 11 is 6.83. The van der Waals surface area contributed by atoms with Gasteiger partial charge in [-0.05, 0) is 91.2 Å². The number of halogens is 5. The van der Waals surface area contributed by atoms with Gasteiger partial charge in [0, 0.05) is 50.7 Å². The standard InChI is InChI=1S/C40H48ClF4N7O3/c1-23-11-13-26(14-12-23)21-50(8)30-18-24(2)32(40(43,44)45)35(46-30)31-29(41)19-28-34(33(31)42)47-37(54-22-27-10-9-15-49(27)7)48-36(28)52-17-16-51(20-25(52)3)38(53)55-39(4,5)6/h11-14,18-19,25,27H,9-10,15-17,20-22H2,1-8H3/t25-,27-/m0/s1. The smallest absolute Gasteiger partial charge is 0.418 e. The molecule has 2 fully saturated rings. The second-order valence-electron chi connectivity index (χ2n) is 15.7. The molecule has 2 aliphatic rings. The summed E-state index contributed by atoms with van der Waals surface area (Å²) in [5.41, 5.74) is -1.34. The minimum atomic E-state index is -4.88. The van der Waals surface area contributed by atoms with Crippen LogP contribution in [0.25, 0.3) is 22.2 Å². The molecule has 0 aliphatic carbocycles. The number of nitrogens with zero attached hydrogens (tertiary/aromatic N) is 7. The van der Waals surface area contributed by atoms with E-state index in [-0.39, 0.29) is 70.9 Å². The number of ether oxygens (including phenoxy) is 2. The van der Waals surface area contributed by atoms with Crippen molar-refractivity contribution in [2.75, 3.05) is 56.7 Å². The molecule has 4 heterocycles. The van der Waals surface area contributed by atoms with Crippen LogP contribution in [0, 0.1) is 19.7 Å². The van der Waals surface area contributed by atoms with Crippen LogP contribution < -0.4 is 14.5 Å². The first-order chi connectivity index (χ1) is 25.8. The van der Waals surface area contributed by atoms with Crippen molar-refractivity contribution in [3.63, 3.8) is 0 Å². The van der Waals surface area contributed by atoms with Crippen LogP contribution in [0.2, 0.25) is 5.02 Å². The molecule has 0 unspecified atom stereocenters. The summed E-state index contributed by atoms with van der Waals surface area (Å²) in [5.74, 6) is -0.582. The largest absolute Gasteiger partial charge is 0.462 e. The number of piperazine rings is 1. The van der Waals surface area contributed by atoms with Crippen molar-refractivity contribution in [3.05, 3.63) is 69.5 Å². The number of anilines is 2. The van der Waals surface area contributed by atoms with Gasteiger partial charge in [0.05, 0.1) is 21.8 Å². The van der Waals surface area contributed by atoms with E-state index in [1.807, 2.05) is 50.1 Å². The Kier molecular flexibility index (Phi) is 11.4. The number of rotatable bonds is 8. The van der Waals surface area contributed by atoms with Gasteiger partial charge in [-0.25, -0.2) is 14.2 Å². The van der Waals surface area contributed by atoms with Crippen LogP contribution in [0.15, 0.2) is 36.4 Å². The number of aromatic nitrogens is 3. The van der Waals surface area contributed by atoms with E-state index in [2.05, 4.69) is 14.9 Å². The predicted molar refractivity (Wildman–Crippen MR) is 207 cm³/mol. The van der Waals surface area contributed by atoms with Gasteiger partial charge >= 0.3 is 18.3 Å². The fourth-order valence-corrected chi connectivity index (χ4v) is 7.51. The molecule has 1 amide bonds. The van der Waals surface area contributed by atoms with Crippen LogP contribution in [-0.2, 0) is 17.5 Å². The van der Waals surface area contributed by atoms with Crippen LogP contribution in [0.5, 0.6) is 6.01 Å². The molecular formula is C40H48ClF4N7O3. The monoisotopic (exact) mass is 785 g/mol. The summed E-state index contributed by atoms with van der Waals surface area (Å²) in [7, 11) is 3.71. The van der Waals surface area contributed by atoms with E-state index in [4.69, 9.17) is 26.1 Å². The Labute approximate surface area is 324 Å². The van der Waals surface area contributed by atoms with Crippen molar-refractivity contribution < 1.29 is 31.8 Å². The maximum atomic E-state index is 17.2. The maximum absolute atomic E-state index is 17.2. The molecule has 2 aliphatic heterocycles. The molecule has 0 N–H and O–H groups in total. The number of carbonyl (C=O) groups is 1. The number of pyridine rings is 1. The molecule has 6 rings (SSSR count). The van der Waals surface area contributed by atoms with Gasteiger partial charge in [0.1, 0.15) is 29.4 Å². The van der Waals surface area contributed by atoms with Gasteiger partial charge in [0.2, 0.25) is 0 Å². The van der Waals surface area contributed by atoms with Crippen LogP contribution >= 0.6 is 11.6 Å². The fourth-order valence-electron chi connectivity index (χ4n) is 7.22. The molecule has 2 aromatic heterocycles. The number of fused-ring (bicyclic) bond motifs is 1. The lowest BCUT2D eigenvalue weighted by molar-refractivity contribution is -0.137. The quantitative estimate of drug-likeness (QED) is 0.163. The van der Waals surface area contributed by atoms with E-state index in [9.17, 15) is 18.0 Å². The van der Waals surface area contributed by atoms with Gasteiger partial charge in [-0.1, -0.05) is 41.4 Å². The highest BCUT2D eigenvalue weighted by molar-refractivity contribution is 6.34. The summed E-state index contributed by atoms with van der Waals surface area (Å²) in [5, 5.41) is -0.0982. The second kappa shape index (κ2) is 15.6. The Morgan fingerprint density at radius 2 is 1.75 bits per heavy atom. The zero-order valence-corrected chi connectivity index (χ0v) is 33.3. The summed E-state index contributed by atoms with van der Waals surface area (Å²) < 4.78 is 73.5. The highest BCUT2D eigenvalue weighted by Crippen LogP contribution is 2.45.